The monoisotopic (exact) mass is 783 g/mol. The predicted molar refractivity (Wildman–Crippen MR) is 179 cm³/mol. The molecule has 2 atom stereocenters. The van der Waals surface area contributed by atoms with Crippen LogP contribution in [0, 0.1) is 30.6 Å². The van der Waals surface area contributed by atoms with Gasteiger partial charge in [0.2, 0.25) is 0 Å². The molecule has 3 fully saturated rings. The van der Waals surface area contributed by atoms with Gasteiger partial charge in [0.05, 0.1) is 0 Å². The molecule has 3 saturated carbocycles. The van der Waals surface area contributed by atoms with E-state index >= 15 is 0 Å². The van der Waals surface area contributed by atoms with Crippen molar-refractivity contribution in [3.05, 3.63) is 116 Å². The fourth-order valence-corrected chi connectivity index (χ4v) is 7.71. The molecular formula is C39H34N5OPt-3. The fraction of sp³-hybridized carbons (Fsp3) is 0.256. The van der Waals surface area contributed by atoms with Gasteiger partial charge in [-0.1, -0.05) is 44.5 Å². The van der Waals surface area contributed by atoms with Gasteiger partial charge in [-0.15, -0.1) is 41.4 Å². The van der Waals surface area contributed by atoms with Crippen molar-refractivity contribution < 1.29 is 25.8 Å². The Morgan fingerprint density at radius 3 is 2.50 bits per heavy atom. The van der Waals surface area contributed by atoms with Gasteiger partial charge < -0.3 is 19.1 Å². The van der Waals surface area contributed by atoms with Crippen LogP contribution in [0.4, 0.5) is 17.1 Å². The van der Waals surface area contributed by atoms with E-state index in [1.54, 1.807) is 0 Å². The molecular weight excluding hydrogens is 750 g/mol. The summed E-state index contributed by atoms with van der Waals surface area (Å²) in [5, 5.41) is 2.27. The van der Waals surface area contributed by atoms with Gasteiger partial charge in [0.25, 0.3) is 0 Å². The topological polar surface area (TPSA) is 46.4 Å². The van der Waals surface area contributed by atoms with Gasteiger partial charge in [0.1, 0.15) is 5.82 Å². The van der Waals surface area contributed by atoms with Gasteiger partial charge in [-0.05, 0) is 71.7 Å². The molecule has 1 aliphatic heterocycles. The third kappa shape index (κ3) is 4.64. The Kier molecular flexibility index (Phi) is 6.99. The van der Waals surface area contributed by atoms with Crippen molar-refractivity contribution in [3.63, 3.8) is 0 Å². The maximum atomic E-state index is 6.48. The number of rotatable bonds is 5. The first-order valence-electron chi connectivity index (χ1n) is 15.9. The van der Waals surface area contributed by atoms with Crippen molar-refractivity contribution in [2.24, 2.45) is 11.8 Å². The van der Waals surface area contributed by atoms with Gasteiger partial charge in [-0.3, -0.25) is 4.98 Å². The molecule has 0 saturated heterocycles. The Hall–Kier alpha value is -4.15. The van der Waals surface area contributed by atoms with Crippen LogP contribution in [-0.2, 0) is 26.5 Å². The molecule has 6 aromatic rings. The first-order chi connectivity index (χ1) is 21.9. The smallest absolute Gasteiger partial charge is 0.135 e. The standard InChI is InChI=1S/C39H34N5O.Pt/c1-39(2,3)27-15-18-41-37(20-27)44-33-10-5-4-9-31(33)32-14-13-30(22-35(32)44)45-29-8-6-7-28(21-29)42-24-43(36-23-40-17-16-34(36)42)38-25-11-12-26(38)19-25;/h4-10,13-18,20,23-26,38H,11-12,19H2,1-3H3;/q-3;. The molecule has 2 bridgehead atoms. The Morgan fingerprint density at radius 2 is 1.67 bits per heavy atom. The van der Waals surface area contributed by atoms with E-state index in [4.69, 9.17) is 9.72 Å². The average Bonchev–Trinajstić information content (AvgIpc) is 3.83. The van der Waals surface area contributed by atoms with Crippen LogP contribution in [0.15, 0.2) is 91.4 Å². The second-order valence-corrected chi connectivity index (χ2v) is 13.7. The van der Waals surface area contributed by atoms with Crippen LogP contribution in [0.3, 0.4) is 0 Å². The van der Waals surface area contributed by atoms with E-state index in [-0.39, 0.29) is 26.5 Å². The molecule has 3 aromatic carbocycles. The zero-order valence-electron chi connectivity index (χ0n) is 26.1. The minimum atomic E-state index is 0. The maximum absolute atomic E-state index is 6.48. The van der Waals surface area contributed by atoms with Crippen LogP contribution in [0.25, 0.3) is 27.6 Å². The van der Waals surface area contributed by atoms with E-state index in [0.29, 0.717) is 17.5 Å². The summed E-state index contributed by atoms with van der Waals surface area (Å²) in [5.41, 5.74) is 6.51. The van der Waals surface area contributed by atoms with Crippen LogP contribution in [0.1, 0.15) is 45.6 Å². The van der Waals surface area contributed by atoms with Gasteiger partial charge in [-0.25, -0.2) is 4.98 Å². The molecule has 4 aliphatic rings. The van der Waals surface area contributed by atoms with Crippen molar-refractivity contribution in [1.82, 2.24) is 14.5 Å². The number of anilines is 3. The van der Waals surface area contributed by atoms with E-state index in [0.717, 1.165) is 50.8 Å². The molecule has 3 aromatic heterocycles. The number of fused-ring (bicyclic) bond motifs is 5. The summed E-state index contributed by atoms with van der Waals surface area (Å²) in [7, 11) is 0. The summed E-state index contributed by atoms with van der Waals surface area (Å²) in [5.74, 6) is 3.72. The summed E-state index contributed by atoms with van der Waals surface area (Å²) in [6, 6.07) is 32.7. The van der Waals surface area contributed by atoms with E-state index in [1.165, 1.54) is 30.5 Å². The quantitative estimate of drug-likeness (QED) is 0.163. The van der Waals surface area contributed by atoms with Crippen LogP contribution < -0.4 is 14.5 Å². The molecule has 2 unspecified atom stereocenters. The van der Waals surface area contributed by atoms with Gasteiger partial charge in [0.15, 0.2) is 0 Å². The predicted octanol–water partition coefficient (Wildman–Crippen LogP) is 9.14. The van der Waals surface area contributed by atoms with Crippen LogP contribution >= 0.6 is 0 Å². The molecule has 0 N–H and O–H groups in total. The van der Waals surface area contributed by atoms with Crippen molar-refractivity contribution in [2.45, 2.75) is 51.5 Å². The molecule has 46 heavy (non-hydrogen) atoms. The first kappa shape index (κ1) is 29.3. The number of ether oxygens (including phenoxy) is 1. The molecule has 0 amide bonds. The Balaban J connectivity index is 0.00000312. The largest absolute Gasteiger partial charge is 0.509 e. The Bertz CT molecular complexity index is 2080. The number of hydrogen-bond donors (Lipinski definition) is 0. The summed E-state index contributed by atoms with van der Waals surface area (Å²) in [6.07, 6.45) is 9.80. The van der Waals surface area contributed by atoms with E-state index in [1.807, 2.05) is 36.8 Å². The number of benzene rings is 3. The average molecular weight is 784 g/mol. The minimum absolute atomic E-state index is 0. The number of para-hydroxylation sites is 1. The maximum Gasteiger partial charge on any atom is 0.135 e. The Morgan fingerprint density at radius 1 is 0.848 bits per heavy atom. The number of nitrogens with zero attached hydrogens (tertiary/aromatic N) is 5. The molecule has 0 radical (unpaired) electrons. The molecule has 4 heterocycles. The second-order valence-electron chi connectivity index (χ2n) is 13.7. The summed E-state index contributed by atoms with van der Waals surface area (Å²) in [6.45, 7) is 8.92. The molecule has 7 heteroatoms. The molecule has 0 spiro atoms. The van der Waals surface area contributed by atoms with Crippen molar-refractivity contribution in [1.29, 1.82) is 0 Å². The van der Waals surface area contributed by atoms with Crippen LogP contribution in [-0.4, -0.2) is 20.6 Å². The molecule has 3 aliphatic carbocycles. The summed E-state index contributed by atoms with van der Waals surface area (Å²) < 4.78 is 8.67. The van der Waals surface area contributed by atoms with E-state index in [9.17, 15) is 0 Å². The third-order valence-corrected chi connectivity index (χ3v) is 9.99. The molecule has 234 valence electrons. The first-order valence-corrected chi connectivity index (χ1v) is 15.9. The van der Waals surface area contributed by atoms with Gasteiger partial charge in [0, 0.05) is 74.1 Å². The number of pyridine rings is 2. The van der Waals surface area contributed by atoms with Crippen LogP contribution in [0.2, 0.25) is 0 Å². The third-order valence-electron chi connectivity index (χ3n) is 9.99. The summed E-state index contributed by atoms with van der Waals surface area (Å²) >= 11 is 0. The van der Waals surface area contributed by atoms with Crippen LogP contribution in [0.5, 0.6) is 11.5 Å². The SMILES string of the molecule is CC(C)(C)c1ccnc(-n2c3[c-]c(Oc4[c-]c(N5[CH-]N(C6C7CCC6C7)c6cnccc65)ccc4)ccc3c3ccccc32)c1.[Pt]. The number of hydrogen-bond acceptors (Lipinski definition) is 5. The Labute approximate surface area is 284 Å². The molecule has 6 nitrogen and oxygen atoms in total. The van der Waals surface area contributed by atoms with Gasteiger partial charge >= 0.3 is 0 Å². The van der Waals surface area contributed by atoms with Crippen molar-refractivity contribution in [2.75, 3.05) is 9.80 Å². The van der Waals surface area contributed by atoms with Crippen molar-refractivity contribution in [3.8, 4) is 17.3 Å². The summed E-state index contributed by atoms with van der Waals surface area (Å²) in [4.78, 5) is 14.0. The number of aromatic nitrogens is 3. The fourth-order valence-electron chi connectivity index (χ4n) is 7.71. The minimum Gasteiger partial charge on any atom is -0.509 e. The zero-order valence-corrected chi connectivity index (χ0v) is 28.3. The van der Waals surface area contributed by atoms with E-state index in [2.05, 4.69) is 114 Å². The second kappa shape index (κ2) is 11.0. The molecule has 10 rings (SSSR count). The van der Waals surface area contributed by atoms with E-state index < -0.39 is 0 Å². The zero-order chi connectivity index (χ0) is 30.3. The van der Waals surface area contributed by atoms with Gasteiger partial charge in [-0.2, -0.15) is 18.8 Å². The van der Waals surface area contributed by atoms with Crippen molar-refractivity contribution >= 4 is 38.9 Å². The normalized spacial score (nSPS) is 20.1.